The van der Waals surface area contributed by atoms with E-state index in [9.17, 15) is 4.79 Å². The van der Waals surface area contributed by atoms with Crippen molar-refractivity contribution >= 4 is 11.4 Å². The Labute approximate surface area is 141 Å². The van der Waals surface area contributed by atoms with E-state index in [-0.39, 0.29) is 5.78 Å². The summed E-state index contributed by atoms with van der Waals surface area (Å²) in [6, 6.07) is 13.7. The van der Waals surface area contributed by atoms with Crippen LogP contribution >= 0.6 is 0 Å². The molecule has 0 saturated carbocycles. The highest BCUT2D eigenvalue weighted by Crippen LogP contribution is 2.23. The van der Waals surface area contributed by atoms with Crippen LogP contribution in [0.15, 0.2) is 42.5 Å². The molecule has 24 heavy (non-hydrogen) atoms. The molecule has 0 aliphatic carbocycles. The molecule has 5 heteroatoms. The molecule has 0 amide bonds. The van der Waals surface area contributed by atoms with Crippen molar-refractivity contribution in [2.75, 3.05) is 7.11 Å². The number of benzene rings is 1. The van der Waals surface area contributed by atoms with Crippen LogP contribution in [0.1, 0.15) is 32.0 Å². The second kappa shape index (κ2) is 7.25. The maximum Gasteiger partial charge on any atom is 0.159 e. The van der Waals surface area contributed by atoms with Gasteiger partial charge in [0.05, 0.1) is 19.2 Å². The fourth-order valence-corrected chi connectivity index (χ4v) is 2.64. The molecule has 2 heterocycles. The molecule has 2 aromatic heterocycles. The maximum absolute atomic E-state index is 12.0. The lowest BCUT2D eigenvalue weighted by molar-refractivity contribution is -0.118. The molecule has 0 saturated heterocycles. The first kappa shape index (κ1) is 16.2. The van der Waals surface area contributed by atoms with Gasteiger partial charge < -0.3 is 4.74 Å². The molecular weight excluding hydrogens is 302 g/mol. The molecule has 3 rings (SSSR count). The molecule has 0 fully saturated rings. The number of ketones is 1. The van der Waals surface area contributed by atoms with Gasteiger partial charge in [0, 0.05) is 12.0 Å². The third-order valence-corrected chi connectivity index (χ3v) is 3.95. The summed E-state index contributed by atoms with van der Waals surface area (Å²) in [5.41, 5.74) is 2.71. The third-order valence-electron chi connectivity index (χ3n) is 3.95. The number of rotatable bonds is 7. The lowest BCUT2D eigenvalue weighted by atomic mass is 10.1. The number of methoxy groups -OCH3 is 1. The Morgan fingerprint density at radius 1 is 1.17 bits per heavy atom. The van der Waals surface area contributed by atoms with E-state index in [4.69, 9.17) is 4.74 Å². The van der Waals surface area contributed by atoms with E-state index in [1.807, 2.05) is 42.5 Å². The molecule has 1 aromatic carbocycles. The van der Waals surface area contributed by atoms with Crippen molar-refractivity contribution in [2.24, 2.45) is 0 Å². The number of pyridine rings is 1. The summed E-state index contributed by atoms with van der Waals surface area (Å²) in [7, 11) is 1.65. The summed E-state index contributed by atoms with van der Waals surface area (Å²) in [4.78, 5) is 16.5. The van der Waals surface area contributed by atoms with Crippen LogP contribution in [0.3, 0.4) is 0 Å². The number of fused-ring (bicyclic) bond motifs is 1. The highest BCUT2D eigenvalue weighted by Gasteiger charge is 2.12. The molecule has 0 atom stereocenters. The van der Waals surface area contributed by atoms with Crippen molar-refractivity contribution in [3.05, 3.63) is 48.3 Å². The van der Waals surface area contributed by atoms with Gasteiger partial charge in [0.1, 0.15) is 11.5 Å². The minimum atomic E-state index is 0.193. The van der Waals surface area contributed by atoms with Gasteiger partial charge in [-0.05, 0) is 42.8 Å². The number of hydrogen-bond acceptors (Lipinski definition) is 4. The van der Waals surface area contributed by atoms with E-state index in [1.165, 1.54) is 0 Å². The van der Waals surface area contributed by atoms with Crippen LogP contribution in [0.4, 0.5) is 0 Å². The minimum Gasteiger partial charge on any atom is -0.497 e. The molecule has 0 N–H and O–H groups in total. The average Bonchev–Trinajstić information content (AvgIpc) is 3.02. The zero-order valence-corrected chi connectivity index (χ0v) is 14.0. The van der Waals surface area contributed by atoms with Crippen LogP contribution in [0, 0.1) is 0 Å². The van der Waals surface area contributed by atoms with Gasteiger partial charge in [-0.1, -0.05) is 19.4 Å². The van der Waals surface area contributed by atoms with Gasteiger partial charge in [0.25, 0.3) is 0 Å². The second-order valence-electron chi connectivity index (χ2n) is 5.76. The van der Waals surface area contributed by atoms with Crippen molar-refractivity contribution in [1.29, 1.82) is 0 Å². The normalized spacial score (nSPS) is 10.9. The third kappa shape index (κ3) is 3.45. The molecule has 124 valence electrons. The number of carbonyl (C=O) groups is 1. The Balaban J connectivity index is 1.90. The fraction of sp³-hybridized carbons (Fsp3) is 0.316. The van der Waals surface area contributed by atoms with Crippen LogP contribution in [-0.4, -0.2) is 27.5 Å². The van der Waals surface area contributed by atoms with Crippen LogP contribution in [0.2, 0.25) is 0 Å². The number of Topliss-reactive ketones (excluding diaryl/α,β-unsaturated/α-hetero) is 1. The van der Waals surface area contributed by atoms with Crippen molar-refractivity contribution < 1.29 is 9.53 Å². The Morgan fingerprint density at radius 3 is 2.67 bits per heavy atom. The summed E-state index contributed by atoms with van der Waals surface area (Å²) >= 11 is 0. The second-order valence-corrected chi connectivity index (χ2v) is 5.76. The van der Waals surface area contributed by atoms with E-state index in [1.54, 1.807) is 11.6 Å². The number of unbranched alkanes of at least 4 members (excludes halogenated alkanes) is 1. The largest absolute Gasteiger partial charge is 0.497 e. The highest BCUT2D eigenvalue weighted by molar-refractivity contribution is 5.80. The Hall–Kier alpha value is -2.69. The molecule has 3 aromatic rings. The first-order valence-electron chi connectivity index (χ1n) is 8.22. The minimum absolute atomic E-state index is 0.193. The fourth-order valence-electron chi connectivity index (χ4n) is 2.64. The summed E-state index contributed by atoms with van der Waals surface area (Å²) in [5.74, 6) is 1.59. The summed E-state index contributed by atoms with van der Waals surface area (Å²) in [6.07, 6.45) is 2.83. The van der Waals surface area contributed by atoms with Gasteiger partial charge in [0.2, 0.25) is 0 Å². The molecule has 0 bridgehead atoms. The van der Waals surface area contributed by atoms with Crippen molar-refractivity contribution in [2.45, 2.75) is 32.6 Å². The molecule has 5 nitrogen and oxygen atoms in total. The van der Waals surface area contributed by atoms with Gasteiger partial charge in [-0.2, -0.15) is 5.10 Å². The summed E-state index contributed by atoms with van der Waals surface area (Å²) in [6.45, 7) is 2.08. The van der Waals surface area contributed by atoms with Gasteiger partial charge in [-0.3, -0.25) is 4.79 Å². The lowest BCUT2D eigenvalue weighted by Gasteiger charge is -2.05. The van der Waals surface area contributed by atoms with Crippen LogP contribution in [0.25, 0.3) is 16.9 Å². The van der Waals surface area contributed by atoms with E-state index in [0.29, 0.717) is 18.7 Å². The number of carbonyl (C=O) groups excluding carboxylic acids is 1. The van der Waals surface area contributed by atoms with Crippen LogP contribution < -0.4 is 4.74 Å². The topological polar surface area (TPSA) is 56.5 Å². The first-order chi connectivity index (χ1) is 11.7. The number of hydrogen-bond donors (Lipinski definition) is 0. The van der Waals surface area contributed by atoms with E-state index in [2.05, 4.69) is 17.0 Å². The molecule has 0 unspecified atom stereocenters. The van der Waals surface area contributed by atoms with Gasteiger partial charge in [-0.25, -0.2) is 9.50 Å². The predicted octanol–water partition coefficient (Wildman–Crippen LogP) is 3.71. The summed E-state index contributed by atoms with van der Waals surface area (Å²) in [5, 5.41) is 4.53. The van der Waals surface area contributed by atoms with Gasteiger partial charge >= 0.3 is 0 Å². The molecule has 0 aliphatic rings. The molecule has 0 spiro atoms. The Kier molecular flexibility index (Phi) is 4.89. The SMILES string of the molecule is CCCCC(=O)Cc1nc2cccc(-c3ccc(OC)cc3)n2n1. The first-order valence-corrected chi connectivity index (χ1v) is 8.22. The lowest BCUT2D eigenvalue weighted by Crippen LogP contribution is -2.04. The summed E-state index contributed by atoms with van der Waals surface area (Å²) < 4.78 is 7.00. The predicted molar refractivity (Wildman–Crippen MR) is 93.2 cm³/mol. The number of aromatic nitrogens is 3. The zero-order chi connectivity index (χ0) is 16.9. The monoisotopic (exact) mass is 323 g/mol. The quantitative estimate of drug-likeness (QED) is 0.665. The highest BCUT2D eigenvalue weighted by atomic mass is 16.5. The van der Waals surface area contributed by atoms with Crippen molar-refractivity contribution in [1.82, 2.24) is 14.6 Å². The maximum atomic E-state index is 12.0. The number of ether oxygens (including phenoxy) is 1. The van der Waals surface area contributed by atoms with E-state index < -0.39 is 0 Å². The Bertz CT molecular complexity index is 837. The molecule has 0 radical (unpaired) electrons. The van der Waals surface area contributed by atoms with E-state index in [0.717, 1.165) is 35.5 Å². The van der Waals surface area contributed by atoms with Crippen molar-refractivity contribution in [3.63, 3.8) is 0 Å². The van der Waals surface area contributed by atoms with E-state index >= 15 is 0 Å². The average molecular weight is 323 g/mol. The Morgan fingerprint density at radius 2 is 1.96 bits per heavy atom. The smallest absolute Gasteiger partial charge is 0.159 e. The molecule has 0 aliphatic heterocycles. The van der Waals surface area contributed by atoms with Gasteiger partial charge in [-0.15, -0.1) is 0 Å². The zero-order valence-electron chi connectivity index (χ0n) is 14.0. The van der Waals surface area contributed by atoms with Crippen LogP contribution in [0.5, 0.6) is 5.75 Å². The molecular formula is C19H21N3O2. The standard InChI is InChI=1S/C19H21N3O2/c1-3-4-6-15(23)13-18-20-19-8-5-7-17(22(19)21-18)14-9-11-16(24-2)12-10-14/h5,7-12H,3-4,6,13H2,1-2H3. The van der Waals surface area contributed by atoms with Crippen LogP contribution in [-0.2, 0) is 11.2 Å². The van der Waals surface area contributed by atoms with Crippen molar-refractivity contribution in [3.8, 4) is 17.0 Å². The van der Waals surface area contributed by atoms with Gasteiger partial charge in [0.15, 0.2) is 11.5 Å². The number of nitrogens with zero attached hydrogens (tertiary/aromatic N) is 3.